The second-order valence-corrected chi connectivity index (χ2v) is 30.6. The lowest BCUT2D eigenvalue weighted by Crippen LogP contribution is -2.30. The molecule has 0 aromatic heterocycles. The van der Waals surface area contributed by atoms with E-state index >= 15 is 0 Å². The van der Waals surface area contributed by atoms with Crippen molar-refractivity contribution < 1.29 is 80.2 Å². The van der Waals surface area contributed by atoms with Crippen LogP contribution in [0.2, 0.25) is 0 Å². The average molecular weight is 1340 g/mol. The molecule has 3 unspecified atom stereocenters. The van der Waals surface area contributed by atoms with Gasteiger partial charge < -0.3 is 33.8 Å². The third-order valence-electron chi connectivity index (χ3n) is 16.9. The topological polar surface area (TPSA) is 237 Å². The molecule has 0 fully saturated rings. The van der Waals surface area contributed by atoms with Gasteiger partial charge in [0.1, 0.15) is 19.3 Å². The van der Waals surface area contributed by atoms with Crippen LogP contribution < -0.4 is 0 Å². The van der Waals surface area contributed by atoms with Crippen LogP contribution in [0.1, 0.15) is 357 Å². The van der Waals surface area contributed by atoms with Gasteiger partial charge in [0.05, 0.1) is 26.4 Å². The Morgan fingerprint density at radius 1 is 0.308 bits per heavy atom. The largest absolute Gasteiger partial charge is 0.472 e. The summed E-state index contributed by atoms with van der Waals surface area (Å²) in [7, 11) is -9.90. The van der Waals surface area contributed by atoms with Gasteiger partial charge in [0.25, 0.3) is 0 Å². The summed E-state index contributed by atoms with van der Waals surface area (Å²) in [5, 5.41) is 10.6. The van der Waals surface area contributed by atoms with E-state index in [9.17, 15) is 43.2 Å². The van der Waals surface area contributed by atoms with E-state index in [-0.39, 0.29) is 25.7 Å². The molecule has 0 aromatic rings. The molecule has 0 aliphatic carbocycles. The van der Waals surface area contributed by atoms with E-state index in [4.69, 9.17) is 37.0 Å². The number of aliphatic hydroxyl groups is 1. The van der Waals surface area contributed by atoms with Gasteiger partial charge in [-0.25, -0.2) is 9.13 Å². The molecule has 0 saturated heterocycles. The Morgan fingerprint density at radius 3 is 0.780 bits per heavy atom. The van der Waals surface area contributed by atoms with E-state index in [1.807, 2.05) is 0 Å². The SMILES string of the molecule is CCC(C)CCCCCCCCC(=O)OC[C@H](COP(=O)(O)OC[C@H](O)COP(=O)(O)OC[C@@H](COC(=O)CCCCCCCCCCCCCCCCCCCCC(C)C)OC(=O)CCCCCCCCCC(C)C)OC(=O)CCCCCCCCCC(C)C. The van der Waals surface area contributed by atoms with Gasteiger partial charge in [-0.3, -0.25) is 37.3 Å². The van der Waals surface area contributed by atoms with Crippen LogP contribution >= 0.6 is 15.6 Å². The number of unbranched alkanes of at least 4 members (excludes halogenated alkanes) is 34. The first-order valence-electron chi connectivity index (χ1n) is 37.2. The molecule has 0 radical (unpaired) electrons. The van der Waals surface area contributed by atoms with Crippen LogP contribution in [0.4, 0.5) is 0 Å². The third kappa shape index (κ3) is 65.1. The van der Waals surface area contributed by atoms with Crippen molar-refractivity contribution >= 4 is 39.5 Å². The van der Waals surface area contributed by atoms with E-state index in [2.05, 4.69) is 55.4 Å². The highest BCUT2D eigenvalue weighted by Gasteiger charge is 2.30. The fourth-order valence-corrected chi connectivity index (χ4v) is 12.4. The summed E-state index contributed by atoms with van der Waals surface area (Å²) < 4.78 is 68.2. The molecule has 17 nitrogen and oxygen atoms in total. The number of carbonyl (C=O) groups is 4. The highest BCUT2D eigenvalue weighted by atomic mass is 31.2. The minimum absolute atomic E-state index is 0.102. The Morgan fingerprint density at radius 2 is 0.527 bits per heavy atom. The van der Waals surface area contributed by atoms with Gasteiger partial charge in [0.15, 0.2) is 12.2 Å². The molecule has 0 heterocycles. The van der Waals surface area contributed by atoms with Crippen molar-refractivity contribution in [3.8, 4) is 0 Å². The normalized spacial score (nSPS) is 14.5. The lowest BCUT2D eigenvalue weighted by molar-refractivity contribution is -0.161. The standard InChI is InChI=1S/C72H140O17P2/c1-9-65(8)51-43-35-30-31-37-45-53-70(75)83-59-68(89-72(77)55-47-39-29-23-26-34-42-50-64(6)7)61-87-91(80,81)85-57-66(73)56-84-90(78,79)86-60-67(88-71(76)54-46-38-28-22-25-33-41-49-63(4)5)58-82-69(74)52-44-36-27-21-19-17-15-13-11-10-12-14-16-18-20-24-32-40-48-62(2)3/h62-68,73H,9-61H2,1-8H3,(H,78,79)(H,80,81)/t65?,66-,67-,68-/m1/s1. The number of hydrogen-bond donors (Lipinski definition) is 3. The first-order chi connectivity index (χ1) is 43.6. The lowest BCUT2D eigenvalue weighted by Gasteiger charge is -2.21. The maximum Gasteiger partial charge on any atom is 0.472 e. The summed E-state index contributed by atoms with van der Waals surface area (Å²) in [5.41, 5.74) is 0. The Labute approximate surface area is 556 Å². The fraction of sp³-hybridized carbons (Fsp3) is 0.944. The number of esters is 4. The van der Waals surface area contributed by atoms with E-state index in [0.29, 0.717) is 37.5 Å². The number of phosphoric acid groups is 2. The maximum absolute atomic E-state index is 13.0. The fourth-order valence-electron chi connectivity index (χ4n) is 10.8. The number of hydrogen-bond acceptors (Lipinski definition) is 15. The van der Waals surface area contributed by atoms with Crippen LogP contribution in [0.15, 0.2) is 0 Å². The molecule has 0 saturated carbocycles. The zero-order valence-electron chi connectivity index (χ0n) is 59.5. The Hall–Kier alpha value is -1.94. The second kappa shape index (κ2) is 61.6. The van der Waals surface area contributed by atoms with Gasteiger partial charge >= 0.3 is 39.5 Å². The zero-order valence-corrected chi connectivity index (χ0v) is 61.3. The highest BCUT2D eigenvalue weighted by Crippen LogP contribution is 2.45. The van der Waals surface area contributed by atoms with Gasteiger partial charge in [-0.2, -0.15) is 0 Å². The van der Waals surface area contributed by atoms with Gasteiger partial charge in [-0.1, -0.05) is 306 Å². The monoisotopic (exact) mass is 1340 g/mol. The average Bonchev–Trinajstić information content (AvgIpc) is 3.72. The third-order valence-corrected chi connectivity index (χ3v) is 18.8. The number of rotatable bonds is 69. The van der Waals surface area contributed by atoms with Crippen LogP contribution in [0.3, 0.4) is 0 Å². The van der Waals surface area contributed by atoms with Crippen molar-refractivity contribution in [2.45, 2.75) is 375 Å². The van der Waals surface area contributed by atoms with E-state index in [0.717, 1.165) is 108 Å². The molecule has 0 rings (SSSR count). The first-order valence-corrected chi connectivity index (χ1v) is 40.2. The molecule has 0 amide bonds. The summed E-state index contributed by atoms with van der Waals surface area (Å²) in [6.07, 6.45) is 44.9. The van der Waals surface area contributed by atoms with Crippen molar-refractivity contribution in [3.63, 3.8) is 0 Å². The summed E-state index contributed by atoms with van der Waals surface area (Å²) in [6.45, 7) is 14.0. The molecule has 0 aliphatic rings. The smallest absolute Gasteiger partial charge is 0.462 e. The van der Waals surface area contributed by atoms with Gasteiger partial charge in [0, 0.05) is 25.7 Å². The second-order valence-electron chi connectivity index (χ2n) is 27.6. The van der Waals surface area contributed by atoms with Crippen LogP contribution in [-0.4, -0.2) is 96.7 Å². The minimum atomic E-state index is -4.95. The predicted molar refractivity (Wildman–Crippen MR) is 367 cm³/mol. The van der Waals surface area contributed by atoms with Crippen molar-refractivity contribution in [1.29, 1.82) is 0 Å². The Balaban J connectivity index is 5.13. The number of ether oxygens (including phenoxy) is 4. The molecule has 0 spiro atoms. The highest BCUT2D eigenvalue weighted by molar-refractivity contribution is 7.47. The van der Waals surface area contributed by atoms with Crippen molar-refractivity contribution in [2.24, 2.45) is 23.7 Å². The summed E-state index contributed by atoms with van der Waals surface area (Å²) >= 11 is 0. The molecular formula is C72H140O17P2. The van der Waals surface area contributed by atoms with Crippen molar-refractivity contribution in [3.05, 3.63) is 0 Å². The van der Waals surface area contributed by atoms with Crippen LogP contribution in [-0.2, 0) is 65.4 Å². The minimum Gasteiger partial charge on any atom is -0.462 e. The van der Waals surface area contributed by atoms with Crippen molar-refractivity contribution in [2.75, 3.05) is 39.6 Å². The molecule has 540 valence electrons. The summed E-state index contributed by atoms with van der Waals surface area (Å²) in [5.74, 6) is 0.812. The van der Waals surface area contributed by atoms with Gasteiger partial charge in [-0.05, 0) is 49.4 Å². The van der Waals surface area contributed by atoms with Gasteiger partial charge in [0.2, 0.25) is 0 Å². The van der Waals surface area contributed by atoms with Crippen LogP contribution in [0, 0.1) is 23.7 Å². The van der Waals surface area contributed by atoms with E-state index in [1.54, 1.807) is 0 Å². The molecule has 91 heavy (non-hydrogen) atoms. The van der Waals surface area contributed by atoms with Crippen LogP contribution in [0.5, 0.6) is 0 Å². The predicted octanol–water partition coefficient (Wildman–Crippen LogP) is 20.5. The first kappa shape index (κ1) is 89.1. The lowest BCUT2D eigenvalue weighted by atomic mass is 10.00. The van der Waals surface area contributed by atoms with Gasteiger partial charge in [-0.15, -0.1) is 0 Å². The zero-order chi connectivity index (χ0) is 67.5. The molecule has 0 bridgehead atoms. The van der Waals surface area contributed by atoms with E-state index < -0.39 is 97.5 Å². The summed E-state index contributed by atoms with van der Waals surface area (Å²) in [4.78, 5) is 72.5. The quantitative estimate of drug-likeness (QED) is 0.0222. The summed E-state index contributed by atoms with van der Waals surface area (Å²) in [6, 6.07) is 0. The maximum atomic E-state index is 13.0. The Bertz CT molecular complexity index is 1800. The molecular weight excluding hydrogens is 1200 g/mol. The number of phosphoric ester groups is 2. The number of carbonyl (C=O) groups excluding carboxylic acids is 4. The number of aliphatic hydroxyl groups excluding tert-OH is 1. The molecule has 6 atom stereocenters. The van der Waals surface area contributed by atoms with Crippen molar-refractivity contribution in [1.82, 2.24) is 0 Å². The van der Waals surface area contributed by atoms with E-state index in [1.165, 1.54) is 154 Å². The molecule has 0 aliphatic heterocycles. The molecule has 0 aromatic carbocycles. The van der Waals surface area contributed by atoms with Crippen LogP contribution in [0.25, 0.3) is 0 Å². The Kier molecular flexibility index (Phi) is 60.3. The molecule has 3 N–H and O–H groups in total. The molecule has 19 heteroatoms.